The minimum absolute atomic E-state index is 0.199. The van der Waals surface area contributed by atoms with Crippen LogP contribution in [0.15, 0.2) is 12.5 Å². The molecule has 6 N–H and O–H groups in total. The molecule has 0 saturated heterocycles. The fraction of sp³-hybridized carbons (Fsp3) is 0.375. The molecule has 1 unspecified atom stereocenters. The van der Waals surface area contributed by atoms with Gasteiger partial charge in [-0.3, -0.25) is 9.59 Å². The van der Waals surface area contributed by atoms with E-state index in [2.05, 4.69) is 15.3 Å². The van der Waals surface area contributed by atoms with Crippen LogP contribution >= 0.6 is 0 Å². The van der Waals surface area contributed by atoms with E-state index in [4.69, 9.17) is 11.5 Å². The van der Waals surface area contributed by atoms with Crippen LogP contribution in [0.25, 0.3) is 0 Å². The lowest BCUT2D eigenvalue weighted by atomic mass is 10.1. The van der Waals surface area contributed by atoms with Crippen LogP contribution in [0.1, 0.15) is 5.69 Å². The number of rotatable bonds is 5. The summed E-state index contributed by atoms with van der Waals surface area (Å²) < 4.78 is 0. The number of hydrogen-bond donors (Lipinski definition) is 4. The average molecular weight is 211 g/mol. The van der Waals surface area contributed by atoms with Gasteiger partial charge in [0.05, 0.1) is 18.9 Å². The molecule has 0 aliphatic rings. The van der Waals surface area contributed by atoms with E-state index >= 15 is 0 Å². The summed E-state index contributed by atoms with van der Waals surface area (Å²) in [6.45, 7) is -0.199. The van der Waals surface area contributed by atoms with Crippen molar-refractivity contribution in [3.05, 3.63) is 18.2 Å². The molecule has 1 atom stereocenters. The largest absolute Gasteiger partial charge is 0.368 e. The maximum Gasteiger partial charge on any atom is 0.237 e. The highest BCUT2D eigenvalue weighted by Gasteiger charge is 2.14. The Bertz CT molecular complexity index is 335. The summed E-state index contributed by atoms with van der Waals surface area (Å²) >= 11 is 0. The molecule has 0 saturated carbocycles. The third-order valence-corrected chi connectivity index (χ3v) is 1.77. The second-order valence-electron chi connectivity index (χ2n) is 3.07. The monoisotopic (exact) mass is 211 g/mol. The van der Waals surface area contributed by atoms with Gasteiger partial charge in [0, 0.05) is 18.3 Å². The van der Waals surface area contributed by atoms with Crippen LogP contribution in [0.2, 0.25) is 0 Å². The SMILES string of the molecule is NC(=O)CNC(=O)C(N)Cc1cnc[nH]1. The predicted molar refractivity (Wildman–Crippen MR) is 52.5 cm³/mol. The van der Waals surface area contributed by atoms with Crippen molar-refractivity contribution in [1.29, 1.82) is 0 Å². The van der Waals surface area contributed by atoms with Crippen LogP contribution < -0.4 is 16.8 Å². The molecule has 0 fully saturated rings. The first kappa shape index (κ1) is 11.2. The van der Waals surface area contributed by atoms with Crippen molar-refractivity contribution in [3.8, 4) is 0 Å². The van der Waals surface area contributed by atoms with Gasteiger partial charge in [0.25, 0.3) is 0 Å². The number of aromatic amines is 1. The average Bonchev–Trinajstić information content (AvgIpc) is 2.66. The Kier molecular flexibility index (Phi) is 3.81. The van der Waals surface area contributed by atoms with Gasteiger partial charge >= 0.3 is 0 Å². The van der Waals surface area contributed by atoms with Crippen molar-refractivity contribution in [3.63, 3.8) is 0 Å². The molecule has 7 nitrogen and oxygen atoms in total. The van der Waals surface area contributed by atoms with Crippen LogP contribution in [0.5, 0.6) is 0 Å². The summed E-state index contributed by atoms with van der Waals surface area (Å²) in [5.74, 6) is -1.01. The highest BCUT2D eigenvalue weighted by molar-refractivity contribution is 5.86. The maximum atomic E-state index is 11.3. The van der Waals surface area contributed by atoms with E-state index in [-0.39, 0.29) is 6.54 Å². The smallest absolute Gasteiger partial charge is 0.237 e. The van der Waals surface area contributed by atoms with Crippen molar-refractivity contribution in [2.45, 2.75) is 12.5 Å². The van der Waals surface area contributed by atoms with Gasteiger partial charge in [0.1, 0.15) is 0 Å². The summed E-state index contributed by atoms with van der Waals surface area (Å²) in [5, 5.41) is 2.32. The summed E-state index contributed by atoms with van der Waals surface area (Å²) in [6.07, 6.45) is 3.43. The van der Waals surface area contributed by atoms with Gasteiger partial charge in [0.2, 0.25) is 11.8 Å². The lowest BCUT2D eigenvalue weighted by Gasteiger charge is -2.09. The molecule has 7 heteroatoms. The molecule has 1 aromatic heterocycles. The molecule has 0 aliphatic heterocycles. The topological polar surface area (TPSA) is 127 Å². The molecule has 0 spiro atoms. The van der Waals surface area contributed by atoms with Crippen LogP contribution in [-0.4, -0.2) is 34.4 Å². The Morgan fingerprint density at radius 1 is 1.60 bits per heavy atom. The third-order valence-electron chi connectivity index (χ3n) is 1.77. The fourth-order valence-electron chi connectivity index (χ4n) is 1.03. The van der Waals surface area contributed by atoms with E-state index in [1.165, 1.54) is 6.33 Å². The molecule has 1 rings (SSSR count). The molecule has 0 radical (unpaired) electrons. The van der Waals surface area contributed by atoms with Crippen molar-refractivity contribution < 1.29 is 9.59 Å². The first-order valence-corrected chi connectivity index (χ1v) is 4.38. The molecular weight excluding hydrogens is 198 g/mol. The first-order valence-electron chi connectivity index (χ1n) is 4.38. The quantitative estimate of drug-likeness (QED) is 0.444. The van der Waals surface area contributed by atoms with Gasteiger partial charge in [-0.2, -0.15) is 0 Å². The minimum Gasteiger partial charge on any atom is -0.368 e. The zero-order valence-corrected chi connectivity index (χ0v) is 8.06. The standard InChI is InChI=1S/C8H13N5O2/c9-6(1-5-2-11-4-13-5)8(15)12-3-7(10)14/h2,4,6H,1,3,9H2,(H2,10,14)(H,11,13)(H,12,15). The van der Waals surface area contributed by atoms with E-state index in [1.54, 1.807) is 6.20 Å². The lowest BCUT2D eigenvalue weighted by molar-refractivity contribution is -0.125. The highest BCUT2D eigenvalue weighted by Crippen LogP contribution is 1.95. The van der Waals surface area contributed by atoms with Crippen molar-refractivity contribution in [2.75, 3.05) is 6.54 Å². The molecule has 82 valence electrons. The first-order chi connectivity index (χ1) is 7.09. The third kappa shape index (κ3) is 3.77. The normalized spacial score (nSPS) is 12.1. The van der Waals surface area contributed by atoms with Gasteiger partial charge < -0.3 is 21.8 Å². The van der Waals surface area contributed by atoms with Gasteiger partial charge in [-0.05, 0) is 0 Å². The van der Waals surface area contributed by atoms with E-state index < -0.39 is 17.9 Å². The summed E-state index contributed by atoms with van der Waals surface area (Å²) in [5.41, 5.74) is 11.2. The second kappa shape index (κ2) is 5.11. The van der Waals surface area contributed by atoms with Gasteiger partial charge in [-0.15, -0.1) is 0 Å². The summed E-state index contributed by atoms with van der Waals surface area (Å²) in [4.78, 5) is 28.3. The van der Waals surface area contributed by atoms with Gasteiger partial charge in [0.15, 0.2) is 0 Å². The number of H-pyrrole nitrogens is 1. The van der Waals surface area contributed by atoms with Crippen molar-refractivity contribution >= 4 is 11.8 Å². The Morgan fingerprint density at radius 2 is 2.33 bits per heavy atom. The predicted octanol–water partition coefficient (Wildman–Crippen LogP) is -2.12. The number of nitrogens with two attached hydrogens (primary N) is 2. The van der Waals surface area contributed by atoms with E-state index in [1.807, 2.05) is 0 Å². The van der Waals surface area contributed by atoms with Crippen molar-refractivity contribution in [1.82, 2.24) is 15.3 Å². The number of carbonyl (C=O) groups excluding carboxylic acids is 2. The zero-order chi connectivity index (χ0) is 11.3. The Balaban J connectivity index is 2.36. The molecule has 2 amide bonds. The van der Waals surface area contributed by atoms with Crippen molar-refractivity contribution in [2.24, 2.45) is 11.5 Å². The maximum absolute atomic E-state index is 11.3. The highest BCUT2D eigenvalue weighted by atomic mass is 16.2. The van der Waals surface area contributed by atoms with Gasteiger partial charge in [-0.25, -0.2) is 4.98 Å². The number of aromatic nitrogens is 2. The second-order valence-corrected chi connectivity index (χ2v) is 3.07. The van der Waals surface area contributed by atoms with E-state index in [0.717, 1.165) is 5.69 Å². The Labute approximate surface area is 86.2 Å². The van der Waals surface area contributed by atoms with E-state index in [9.17, 15) is 9.59 Å². The Hall–Kier alpha value is -1.89. The summed E-state index contributed by atoms with van der Waals surface area (Å²) in [6, 6.07) is -0.718. The number of nitrogens with zero attached hydrogens (tertiary/aromatic N) is 1. The molecule has 1 heterocycles. The van der Waals surface area contributed by atoms with Crippen LogP contribution in [0, 0.1) is 0 Å². The Morgan fingerprint density at radius 3 is 2.87 bits per heavy atom. The van der Waals surface area contributed by atoms with E-state index in [0.29, 0.717) is 6.42 Å². The zero-order valence-electron chi connectivity index (χ0n) is 8.06. The number of imidazole rings is 1. The molecule has 0 bridgehead atoms. The number of hydrogen-bond acceptors (Lipinski definition) is 4. The van der Waals surface area contributed by atoms with Crippen LogP contribution in [-0.2, 0) is 16.0 Å². The molecule has 0 aromatic carbocycles. The minimum atomic E-state index is -0.718. The molecule has 0 aliphatic carbocycles. The molecule has 1 aromatic rings. The number of nitrogens with one attached hydrogen (secondary N) is 2. The number of primary amides is 1. The number of amides is 2. The summed E-state index contributed by atoms with van der Waals surface area (Å²) in [7, 11) is 0. The van der Waals surface area contributed by atoms with Crippen LogP contribution in [0.3, 0.4) is 0 Å². The molecule has 15 heavy (non-hydrogen) atoms. The molecular formula is C8H13N5O2. The lowest BCUT2D eigenvalue weighted by Crippen LogP contribution is -2.44. The van der Waals surface area contributed by atoms with Crippen LogP contribution in [0.4, 0.5) is 0 Å². The van der Waals surface area contributed by atoms with Gasteiger partial charge in [-0.1, -0.05) is 0 Å². The fourth-order valence-corrected chi connectivity index (χ4v) is 1.03. The number of carbonyl (C=O) groups is 2.